The average molecular weight is 252 g/mol. The third-order valence-corrected chi connectivity index (χ3v) is 2.99. The van der Waals surface area contributed by atoms with Crippen LogP contribution >= 0.6 is 23.6 Å². The highest BCUT2D eigenvalue weighted by Gasteiger charge is 2.05. The van der Waals surface area contributed by atoms with Gasteiger partial charge in [0.25, 0.3) is 0 Å². The minimum Gasteiger partial charge on any atom is -0.393 e. The molecule has 5 heteroatoms. The van der Waals surface area contributed by atoms with Gasteiger partial charge < -0.3 is 5.73 Å². The van der Waals surface area contributed by atoms with Gasteiger partial charge in [-0.05, 0) is 12.1 Å². The first-order chi connectivity index (χ1) is 7.65. The summed E-state index contributed by atoms with van der Waals surface area (Å²) in [6.45, 7) is 0. The van der Waals surface area contributed by atoms with Gasteiger partial charge in [0.05, 0.1) is 15.7 Å². The molecule has 0 atom stereocenters. The molecule has 0 aliphatic carbocycles. The fraction of sp³-hybridized carbons (Fsp3) is 0.0909. The molecule has 0 bridgehead atoms. The molecule has 0 unspecified atom stereocenters. The number of thiocarbonyl (C=S) groups is 1. The second kappa shape index (κ2) is 4.67. The number of nitrogens with zero attached hydrogens (tertiary/aromatic N) is 1. The van der Waals surface area contributed by atoms with Crippen LogP contribution in [0.3, 0.4) is 0 Å². The van der Waals surface area contributed by atoms with E-state index in [2.05, 4.69) is 4.98 Å². The summed E-state index contributed by atoms with van der Waals surface area (Å²) in [7, 11) is 0. The molecule has 1 aromatic heterocycles. The van der Waals surface area contributed by atoms with E-state index in [1.54, 1.807) is 6.07 Å². The van der Waals surface area contributed by atoms with Gasteiger partial charge in [-0.25, -0.2) is 9.37 Å². The summed E-state index contributed by atoms with van der Waals surface area (Å²) in [4.78, 5) is 4.76. The predicted octanol–water partition coefficient (Wildman–Crippen LogP) is 2.78. The van der Waals surface area contributed by atoms with Gasteiger partial charge in [-0.15, -0.1) is 11.3 Å². The molecule has 0 aliphatic heterocycles. The minimum atomic E-state index is -0.263. The fourth-order valence-electron chi connectivity index (χ4n) is 1.32. The maximum absolute atomic E-state index is 13.0. The van der Waals surface area contributed by atoms with Crippen LogP contribution < -0.4 is 5.73 Å². The number of hydrogen-bond acceptors (Lipinski definition) is 3. The monoisotopic (exact) mass is 252 g/mol. The Labute approximate surface area is 102 Å². The standard InChI is InChI=1S/C11H9FN2S2/c12-8-3-1-2-7(4-8)9-6-16-11(14-9)5-10(13)15/h1-4,6H,5H2,(H2,13,15). The van der Waals surface area contributed by atoms with Gasteiger partial charge in [-0.1, -0.05) is 24.4 Å². The number of nitrogens with two attached hydrogens (primary N) is 1. The summed E-state index contributed by atoms with van der Waals surface area (Å²) in [5.74, 6) is -0.263. The highest BCUT2D eigenvalue weighted by Crippen LogP contribution is 2.22. The van der Waals surface area contributed by atoms with Crippen LogP contribution in [0.1, 0.15) is 5.01 Å². The highest BCUT2D eigenvalue weighted by atomic mass is 32.1. The third kappa shape index (κ3) is 2.62. The smallest absolute Gasteiger partial charge is 0.123 e. The number of hydrogen-bond donors (Lipinski definition) is 1. The second-order valence-corrected chi connectivity index (χ2v) is 4.75. The van der Waals surface area contributed by atoms with Gasteiger partial charge in [-0.2, -0.15) is 0 Å². The zero-order valence-electron chi connectivity index (χ0n) is 8.31. The number of rotatable bonds is 3. The molecular weight excluding hydrogens is 243 g/mol. The maximum Gasteiger partial charge on any atom is 0.123 e. The Morgan fingerprint density at radius 3 is 3.00 bits per heavy atom. The third-order valence-electron chi connectivity index (χ3n) is 2.00. The predicted molar refractivity (Wildman–Crippen MR) is 68.0 cm³/mol. The SMILES string of the molecule is NC(=S)Cc1nc(-c2cccc(F)c2)cs1. The zero-order valence-corrected chi connectivity index (χ0v) is 9.95. The van der Waals surface area contributed by atoms with Crippen molar-refractivity contribution in [3.05, 3.63) is 40.5 Å². The van der Waals surface area contributed by atoms with Crippen LogP contribution in [0.5, 0.6) is 0 Å². The molecule has 0 fully saturated rings. The molecule has 0 saturated carbocycles. The lowest BCUT2D eigenvalue weighted by Crippen LogP contribution is -2.10. The Balaban J connectivity index is 2.28. The second-order valence-electron chi connectivity index (χ2n) is 3.28. The van der Waals surface area contributed by atoms with Crippen molar-refractivity contribution in [1.29, 1.82) is 0 Å². The van der Waals surface area contributed by atoms with Gasteiger partial charge in [0.1, 0.15) is 5.82 Å². The van der Waals surface area contributed by atoms with Crippen molar-refractivity contribution in [3.8, 4) is 11.3 Å². The van der Waals surface area contributed by atoms with Crippen molar-refractivity contribution in [2.45, 2.75) is 6.42 Å². The van der Waals surface area contributed by atoms with Gasteiger partial charge >= 0.3 is 0 Å². The van der Waals surface area contributed by atoms with Gasteiger partial charge in [0.2, 0.25) is 0 Å². The van der Waals surface area contributed by atoms with E-state index in [-0.39, 0.29) is 5.82 Å². The molecule has 0 saturated heterocycles. The molecule has 2 aromatic rings. The van der Waals surface area contributed by atoms with Crippen molar-refractivity contribution >= 4 is 28.5 Å². The molecule has 2 nitrogen and oxygen atoms in total. The van der Waals surface area contributed by atoms with E-state index >= 15 is 0 Å². The van der Waals surface area contributed by atoms with Crippen LogP contribution in [0.25, 0.3) is 11.3 Å². The van der Waals surface area contributed by atoms with Crippen molar-refractivity contribution in [2.24, 2.45) is 5.73 Å². The van der Waals surface area contributed by atoms with E-state index in [0.29, 0.717) is 11.4 Å². The van der Waals surface area contributed by atoms with Crippen LogP contribution in [0, 0.1) is 5.82 Å². The largest absolute Gasteiger partial charge is 0.393 e. The number of thiazole rings is 1. The Hall–Kier alpha value is -1.33. The number of aromatic nitrogens is 1. The van der Waals surface area contributed by atoms with Crippen LogP contribution in [0.4, 0.5) is 4.39 Å². The van der Waals surface area contributed by atoms with Crippen molar-refractivity contribution in [2.75, 3.05) is 0 Å². The fourth-order valence-corrected chi connectivity index (χ4v) is 2.38. The molecule has 2 N–H and O–H groups in total. The van der Waals surface area contributed by atoms with E-state index in [1.807, 2.05) is 11.4 Å². The first-order valence-electron chi connectivity index (χ1n) is 4.64. The van der Waals surface area contributed by atoms with Crippen LogP contribution in [0.15, 0.2) is 29.6 Å². The normalized spacial score (nSPS) is 10.3. The zero-order chi connectivity index (χ0) is 11.5. The molecule has 2 rings (SSSR count). The van der Waals surface area contributed by atoms with E-state index in [9.17, 15) is 4.39 Å². The minimum absolute atomic E-state index is 0.263. The quantitative estimate of drug-likeness (QED) is 0.854. The summed E-state index contributed by atoms with van der Waals surface area (Å²) in [5.41, 5.74) is 6.96. The molecule has 1 aromatic carbocycles. The number of benzene rings is 1. The molecule has 0 radical (unpaired) electrons. The van der Waals surface area contributed by atoms with Crippen LogP contribution in [-0.4, -0.2) is 9.97 Å². The number of halogens is 1. The molecule has 0 aliphatic rings. The summed E-state index contributed by atoms with van der Waals surface area (Å²) in [6, 6.07) is 6.35. The van der Waals surface area contributed by atoms with Crippen LogP contribution in [-0.2, 0) is 6.42 Å². The van der Waals surface area contributed by atoms with Crippen LogP contribution in [0.2, 0.25) is 0 Å². The van der Waals surface area contributed by atoms with Gasteiger partial charge in [-0.3, -0.25) is 0 Å². The van der Waals surface area contributed by atoms with Gasteiger partial charge in [0.15, 0.2) is 0 Å². The molecular formula is C11H9FN2S2. The maximum atomic E-state index is 13.0. The average Bonchev–Trinajstić information content (AvgIpc) is 2.65. The molecule has 1 heterocycles. The molecule has 0 spiro atoms. The van der Waals surface area contributed by atoms with Crippen molar-refractivity contribution in [1.82, 2.24) is 4.98 Å². The Morgan fingerprint density at radius 1 is 1.50 bits per heavy atom. The lowest BCUT2D eigenvalue weighted by Gasteiger charge is -1.96. The van der Waals surface area contributed by atoms with Gasteiger partial charge in [0, 0.05) is 17.4 Å². The first-order valence-corrected chi connectivity index (χ1v) is 5.92. The van der Waals surface area contributed by atoms with E-state index < -0.39 is 0 Å². The lowest BCUT2D eigenvalue weighted by atomic mass is 10.2. The summed E-state index contributed by atoms with van der Waals surface area (Å²) >= 11 is 6.29. The van der Waals surface area contributed by atoms with Crippen molar-refractivity contribution < 1.29 is 4.39 Å². The molecule has 16 heavy (non-hydrogen) atoms. The van der Waals surface area contributed by atoms with E-state index in [0.717, 1.165) is 16.3 Å². The summed E-state index contributed by atoms with van der Waals surface area (Å²) in [5, 5.41) is 2.73. The molecule has 82 valence electrons. The summed E-state index contributed by atoms with van der Waals surface area (Å²) in [6.07, 6.45) is 0.495. The highest BCUT2D eigenvalue weighted by molar-refractivity contribution is 7.80. The Kier molecular flexibility index (Phi) is 3.26. The van der Waals surface area contributed by atoms with E-state index in [4.69, 9.17) is 18.0 Å². The Morgan fingerprint density at radius 2 is 2.31 bits per heavy atom. The molecule has 0 amide bonds. The lowest BCUT2D eigenvalue weighted by molar-refractivity contribution is 0.628. The topological polar surface area (TPSA) is 38.9 Å². The summed E-state index contributed by atoms with van der Waals surface area (Å²) < 4.78 is 13.0. The van der Waals surface area contributed by atoms with E-state index in [1.165, 1.54) is 23.5 Å². The van der Waals surface area contributed by atoms with Crippen molar-refractivity contribution in [3.63, 3.8) is 0 Å². The Bertz CT molecular complexity index is 522. The first kappa shape index (κ1) is 11.2.